The number of benzene rings is 2. The van der Waals surface area contributed by atoms with Crippen LogP contribution in [0.3, 0.4) is 0 Å². The fourth-order valence-corrected chi connectivity index (χ4v) is 2.90. The van der Waals surface area contributed by atoms with Crippen molar-refractivity contribution in [2.75, 3.05) is 18.4 Å². The van der Waals surface area contributed by atoms with Gasteiger partial charge in [-0.25, -0.2) is 0 Å². The van der Waals surface area contributed by atoms with Gasteiger partial charge >= 0.3 is 0 Å². The van der Waals surface area contributed by atoms with Crippen LogP contribution in [0, 0.1) is 0 Å². The number of anilines is 1. The van der Waals surface area contributed by atoms with Crippen LogP contribution in [0.2, 0.25) is 5.02 Å². The highest BCUT2D eigenvalue weighted by atomic mass is 35.5. The first-order valence-corrected chi connectivity index (χ1v) is 8.91. The van der Waals surface area contributed by atoms with Crippen molar-refractivity contribution in [2.45, 2.75) is 29.6 Å². The van der Waals surface area contributed by atoms with E-state index in [1.165, 1.54) is 0 Å². The van der Waals surface area contributed by atoms with Crippen LogP contribution < -0.4 is 10.6 Å². The first-order chi connectivity index (χ1) is 11.2. The molecule has 2 N–H and O–H groups in total. The quantitative estimate of drug-likeness (QED) is 0.672. The lowest BCUT2D eigenvalue weighted by Gasteiger charge is -2.07. The Morgan fingerprint density at radius 3 is 2.26 bits per heavy atom. The maximum atomic E-state index is 11.8. The Kier molecular flexibility index (Phi) is 7.46. The van der Waals surface area contributed by atoms with Crippen LogP contribution in [-0.2, 0) is 4.79 Å². The number of hydrogen-bond donors (Lipinski definition) is 2. The molecule has 0 aliphatic carbocycles. The lowest BCUT2D eigenvalue weighted by Crippen LogP contribution is -2.28. The van der Waals surface area contributed by atoms with Gasteiger partial charge in [-0.3, -0.25) is 4.79 Å². The summed E-state index contributed by atoms with van der Waals surface area (Å²) in [6.07, 6.45) is 2.21. The average molecular weight is 349 g/mol. The summed E-state index contributed by atoms with van der Waals surface area (Å²) in [4.78, 5) is 14.0. The van der Waals surface area contributed by atoms with E-state index in [4.69, 9.17) is 11.6 Å². The van der Waals surface area contributed by atoms with Gasteiger partial charge in [-0.1, -0.05) is 36.7 Å². The number of carbonyl (C=O) groups excluding carboxylic acids is 1. The van der Waals surface area contributed by atoms with Crippen molar-refractivity contribution >= 4 is 35.0 Å². The van der Waals surface area contributed by atoms with E-state index in [0.717, 1.165) is 39.9 Å². The van der Waals surface area contributed by atoms with Crippen LogP contribution >= 0.6 is 23.4 Å². The van der Waals surface area contributed by atoms with E-state index in [1.54, 1.807) is 11.8 Å². The monoisotopic (exact) mass is 348 g/mol. The lowest BCUT2D eigenvalue weighted by molar-refractivity contribution is -0.115. The summed E-state index contributed by atoms with van der Waals surface area (Å²) < 4.78 is 0. The molecule has 0 unspecified atom stereocenters. The first-order valence-electron chi connectivity index (χ1n) is 7.71. The van der Waals surface area contributed by atoms with Crippen LogP contribution in [0.5, 0.6) is 0 Å². The van der Waals surface area contributed by atoms with Crippen LogP contribution in [0.4, 0.5) is 5.69 Å². The van der Waals surface area contributed by atoms with Gasteiger partial charge in [0.2, 0.25) is 5.91 Å². The molecule has 0 aliphatic rings. The zero-order valence-electron chi connectivity index (χ0n) is 13.1. The van der Waals surface area contributed by atoms with Crippen molar-refractivity contribution in [2.24, 2.45) is 0 Å². The molecule has 5 heteroatoms. The third-order valence-corrected chi connectivity index (χ3v) is 4.45. The van der Waals surface area contributed by atoms with Crippen molar-refractivity contribution in [3.05, 3.63) is 53.6 Å². The maximum Gasteiger partial charge on any atom is 0.238 e. The smallest absolute Gasteiger partial charge is 0.238 e. The number of unbranched alkanes of at least 4 members (excludes halogenated alkanes) is 1. The Morgan fingerprint density at radius 2 is 1.65 bits per heavy atom. The van der Waals surface area contributed by atoms with Gasteiger partial charge in [0, 0.05) is 20.5 Å². The van der Waals surface area contributed by atoms with E-state index in [2.05, 4.69) is 17.6 Å². The van der Waals surface area contributed by atoms with Crippen LogP contribution in [0.15, 0.2) is 58.3 Å². The van der Waals surface area contributed by atoms with E-state index in [1.807, 2.05) is 48.5 Å². The molecule has 122 valence electrons. The highest BCUT2D eigenvalue weighted by Gasteiger charge is 2.02. The van der Waals surface area contributed by atoms with Crippen molar-refractivity contribution < 1.29 is 4.79 Å². The average Bonchev–Trinajstić information content (AvgIpc) is 2.56. The van der Waals surface area contributed by atoms with Crippen LogP contribution in [-0.4, -0.2) is 19.0 Å². The molecule has 0 fully saturated rings. The first kappa shape index (κ1) is 17.9. The van der Waals surface area contributed by atoms with Crippen molar-refractivity contribution in [3.63, 3.8) is 0 Å². The second kappa shape index (κ2) is 9.60. The predicted octanol–water partition coefficient (Wildman–Crippen LogP) is 4.82. The predicted molar refractivity (Wildman–Crippen MR) is 98.4 cm³/mol. The molecule has 1 amide bonds. The molecule has 3 nitrogen and oxygen atoms in total. The van der Waals surface area contributed by atoms with Gasteiger partial charge in [0.25, 0.3) is 0 Å². The highest BCUT2D eigenvalue weighted by Crippen LogP contribution is 2.29. The Bertz CT molecular complexity index is 614. The highest BCUT2D eigenvalue weighted by molar-refractivity contribution is 7.99. The zero-order chi connectivity index (χ0) is 16.5. The Balaban J connectivity index is 1.82. The van der Waals surface area contributed by atoms with Gasteiger partial charge in [0.1, 0.15) is 0 Å². The number of amides is 1. The number of halogens is 1. The van der Waals surface area contributed by atoms with Crippen molar-refractivity contribution in [1.82, 2.24) is 5.32 Å². The summed E-state index contributed by atoms with van der Waals surface area (Å²) in [5, 5.41) is 6.75. The topological polar surface area (TPSA) is 41.1 Å². The van der Waals surface area contributed by atoms with Crippen LogP contribution in [0.1, 0.15) is 19.8 Å². The van der Waals surface area contributed by atoms with Gasteiger partial charge in [-0.15, -0.1) is 0 Å². The molecule has 23 heavy (non-hydrogen) atoms. The molecule has 0 radical (unpaired) electrons. The SMILES string of the molecule is CCCCNCC(=O)Nc1ccc(Sc2ccc(Cl)cc2)cc1. The molecule has 0 aliphatic heterocycles. The minimum Gasteiger partial charge on any atom is -0.325 e. The number of rotatable bonds is 8. The number of carbonyl (C=O) groups is 1. The van der Waals surface area contributed by atoms with Crippen molar-refractivity contribution in [1.29, 1.82) is 0 Å². The fourth-order valence-electron chi connectivity index (χ4n) is 1.95. The minimum absolute atomic E-state index is 0.0146. The molecule has 0 aromatic heterocycles. The summed E-state index contributed by atoms with van der Waals surface area (Å²) >= 11 is 7.54. The summed E-state index contributed by atoms with van der Waals surface area (Å²) in [6.45, 7) is 3.35. The van der Waals surface area contributed by atoms with Crippen molar-refractivity contribution in [3.8, 4) is 0 Å². The molecular formula is C18H21ClN2OS. The number of hydrogen-bond acceptors (Lipinski definition) is 3. The lowest BCUT2D eigenvalue weighted by atomic mass is 10.3. The van der Waals surface area contributed by atoms with Gasteiger partial charge in [-0.2, -0.15) is 0 Å². The summed E-state index contributed by atoms with van der Waals surface area (Å²) in [5.41, 5.74) is 0.813. The molecule has 0 bridgehead atoms. The largest absolute Gasteiger partial charge is 0.325 e. The Hall–Kier alpha value is -1.49. The molecule has 2 rings (SSSR count). The molecule has 2 aromatic carbocycles. The molecule has 2 aromatic rings. The van der Waals surface area contributed by atoms with E-state index in [-0.39, 0.29) is 5.91 Å². The number of nitrogens with one attached hydrogen (secondary N) is 2. The van der Waals surface area contributed by atoms with Gasteiger partial charge in [-0.05, 0) is 61.5 Å². The molecule has 0 saturated carbocycles. The second-order valence-electron chi connectivity index (χ2n) is 5.16. The summed E-state index contributed by atoms with van der Waals surface area (Å²) in [7, 11) is 0. The molecule has 0 atom stereocenters. The normalized spacial score (nSPS) is 10.5. The van der Waals surface area contributed by atoms with E-state index < -0.39 is 0 Å². The summed E-state index contributed by atoms with van der Waals surface area (Å²) in [5.74, 6) is -0.0146. The zero-order valence-corrected chi connectivity index (χ0v) is 14.7. The standard InChI is InChI=1S/C18H21ClN2OS/c1-2-3-12-20-13-18(22)21-15-6-10-17(11-7-15)23-16-8-4-14(19)5-9-16/h4-11,20H,2-3,12-13H2,1H3,(H,21,22). The Labute approximate surface area is 146 Å². The van der Waals surface area contributed by atoms with Gasteiger partial charge < -0.3 is 10.6 Å². The molecule has 0 heterocycles. The third-order valence-electron chi connectivity index (χ3n) is 3.18. The third kappa shape index (κ3) is 6.65. The molecular weight excluding hydrogens is 328 g/mol. The van der Waals surface area contributed by atoms with Crippen LogP contribution in [0.25, 0.3) is 0 Å². The van der Waals surface area contributed by atoms with E-state index in [0.29, 0.717) is 6.54 Å². The molecule has 0 spiro atoms. The maximum absolute atomic E-state index is 11.8. The second-order valence-corrected chi connectivity index (χ2v) is 6.74. The molecule has 0 saturated heterocycles. The van der Waals surface area contributed by atoms with E-state index >= 15 is 0 Å². The summed E-state index contributed by atoms with van der Waals surface area (Å²) in [6, 6.07) is 15.6. The fraction of sp³-hybridized carbons (Fsp3) is 0.278. The van der Waals surface area contributed by atoms with Gasteiger partial charge in [0.15, 0.2) is 0 Å². The van der Waals surface area contributed by atoms with E-state index in [9.17, 15) is 4.79 Å². The minimum atomic E-state index is -0.0146. The van der Waals surface area contributed by atoms with Gasteiger partial charge in [0.05, 0.1) is 6.54 Å². The Morgan fingerprint density at radius 1 is 1.04 bits per heavy atom.